The molecule has 3 rings (SSSR count). The van der Waals surface area contributed by atoms with Crippen LogP contribution in [0.3, 0.4) is 0 Å². The second-order valence-electron chi connectivity index (χ2n) is 5.66. The normalized spacial score (nSPS) is 16.0. The predicted octanol–water partition coefficient (Wildman–Crippen LogP) is 3.06. The maximum Gasteiger partial charge on any atom is 0.322 e. The molecule has 26 heavy (non-hydrogen) atoms. The Morgan fingerprint density at radius 1 is 1.12 bits per heavy atom. The fourth-order valence-corrected chi connectivity index (χ4v) is 2.60. The van der Waals surface area contributed by atoms with Gasteiger partial charge in [0, 0.05) is 12.1 Å². The highest BCUT2D eigenvalue weighted by atomic mass is 35.5. The van der Waals surface area contributed by atoms with E-state index < -0.39 is 18.0 Å². The number of ether oxygens (including phenoxy) is 1. The molecule has 4 amide bonds. The van der Waals surface area contributed by atoms with Gasteiger partial charge in [0.05, 0.1) is 5.02 Å². The minimum Gasteiger partial charge on any atom is -0.456 e. The van der Waals surface area contributed by atoms with Gasteiger partial charge in [-0.3, -0.25) is 14.9 Å². The zero-order valence-electron chi connectivity index (χ0n) is 13.6. The summed E-state index contributed by atoms with van der Waals surface area (Å²) >= 11 is 6.05. The van der Waals surface area contributed by atoms with E-state index in [-0.39, 0.29) is 18.7 Å². The number of hydrogen-bond donors (Lipinski definition) is 3. The van der Waals surface area contributed by atoms with Crippen LogP contribution in [0, 0.1) is 0 Å². The van der Waals surface area contributed by atoms with Crippen molar-refractivity contribution in [3.8, 4) is 11.5 Å². The molecule has 0 saturated carbocycles. The van der Waals surface area contributed by atoms with Crippen LogP contribution in [-0.2, 0) is 9.59 Å². The van der Waals surface area contributed by atoms with Gasteiger partial charge in [0.1, 0.15) is 17.5 Å². The second kappa shape index (κ2) is 7.88. The Labute approximate surface area is 154 Å². The van der Waals surface area contributed by atoms with E-state index in [1.807, 2.05) is 12.1 Å². The highest BCUT2D eigenvalue weighted by Gasteiger charge is 2.29. The lowest BCUT2D eigenvalue weighted by Gasteiger charge is -2.10. The molecule has 2 aromatic carbocycles. The lowest BCUT2D eigenvalue weighted by atomic mass is 10.1. The Bertz CT molecular complexity index is 839. The lowest BCUT2D eigenvalue weighted by Crippen LogP contribution is -2.30. The van der Waals surface area contributed by atoms with E-state index in [9.17, 15) is 14.4 Å². The van der Waals surface area contributed by atoms with E-state index in [1.54, 1.807) is 36.4 Å². The van der Waals surface area contributed by atoms with Crippen LogP contribution in [0.25, 0.3) is 0 Å². The van der Waals surface area contributed by atoms with Gasteiger partial charge in [0.2, 0.25) is 5.91 Å². The van der Waals surface area contributed by atoms with Gasteiger partial charge in [-0.25, -0.2) is 4.79 Å². The third-order valence-corrected chi connectivity index (χ3v) is 4.03. The van der Waals surface area contributed by atoms with E-state index in [4.69, 9.17) is 16.3 Å². The summed E-state index contributed by atoms with van der Waals surface area (Å²) in [6, 6.07) is 12.8. The minimum absolute atomic E-state index is 0.107. The number of anilines is 1. The first kappa shape index (κ1) is 17.8. The fourth-order valence-electron chi connectivity index (χ4n) is 2.42. The van der Waals surface area contributed by atoms with Gasteiger partial charge < -0.3 is 15.4 Å². The van der Waals surface area contributed by atoms with Gasteiger partial charge in [-0.2, -0.15) is 0 Å². The molecule has 1 heterocycles. The molecule has 7 nitrogen and oxygen atoms in total. The zero-order valence-corrected chi connectivity index (χ0v) is 14.4. The van der Waals surface area contributed by atoms with Crippen molar-refractivity contribution in [2.75, 3.05) is 5.32 Å². The molecule has 0 radical (unpaired) electrons. The first-order valence-electron chi connectivity index (χ1n) is 7.95. The monoisotopic (exact) mass is 373 g/mol. The topological polar surface area (TPSA) is 96.5 Å². The molecular formula is C18H16ClN3O4. The number of imide groups is 1. The van der Waals surface area contributed by atoms with Crippen LogP contribution in [0.5, 0.6) is 11.5 Å². The molecule has 1 aliphatic rings. The molecule has 0 spiro atoms. The number of amides is 4. The van der Waals surface area contributed by atoms with Crippen molar-refractivity contribution < 1.29 is 19.1 Å². The van der Waals surface area contributed by atoms with Crippen LogP contribution in [0.15, 0.2) is 48.5 Å². The van der Waals surface area contributed by atoms with Crippen LogP contribution in [0.2, 0.25) is 5.02 Å². The van der Waals surface area contributed by atoms with E-state index >= 15 is 0 Å². The Morgan fingerprint density at radius 3 is 2.50 bits per heavy atom. The van der Waals surface area contributed by atoms with Crippen molar-refractivity contribution in [3.63, 3.8) is 0 Å². The summed E-state index contributed by atoms with van der Waals surface area (Å²) in [7, 11) is 0. The summed E-state index contributed by atoms with van der Waals surface area (Å²) in [5.41, 5.74) is 0.599. The molecule has 1 saturated heterocycles. The summed E-state index contributed by atoms with van der Waals surface area (Å²) < 4.78 is 5.68. The minimum atomic E-state index is -0.667. The average molecular weight is 374 g/mol. The number of hydrogen-bond acceptors (Lipinski definition) is 4. The van der Waals surface area contributed by atoms with Crippen molar-refractivity contribution in [2.24, 2.45) is 0 Å². The van der Waals surface area contributed by atoms with Crippen LogP contribution in [0.4, 0.5) is 10.5 Å². The highest BCUT2D eigenvalue weighted by Crippen LogP contribution is 2.29. The Balaban J connectivity index is 1.51. The number of rotatable bonds is 6. The van der Waals surface area contributed by atoms with Gasteiger partial charge in [0.15, 0.2) is 0 Å². The van der Waals surface area contributed by atoms with Crippen LogP contribution >= 0.6 is 11.6 Å². The molecule has 8 heteroatoms. The molecule has 0 bridgehead atoms. The van der Waals surface area contributed by atoms with E-state index in [2.05, 4.69) is 16.0 Å². The highest BCUT2D eigenvalue weighted by molar-refractivity contribution is 6.32. The standard InChI is InChI=1S/C18H16ClN3O4/c19-13-3-1-2-4-15(13)26-12-7-5-11(6-8-12)20-16(23)10-9-14-17(24)22-18(25)21-14/h1-8,14H,9-10H2,(H,20,23)(H2,21,22,24,25). The van der Waals surface area contributed by atoms with Crippen molar-refractivity contribution in [1.82, 2.24) is 10.6 Å². The molecular weight excluding hydrogens is 358 g/mol. The Hall–Kier alpha value is -3.06. The number of para-hydroxylation sites is 1. The number of carbonyl (C=O) groups is 3. The van der Waals surface area contributed by atoms with E-state index in [1.165, 1.54) is 0 Å². The molecule has 1 unspecified atom stereocenters. The smallest absolute Gasteiger partial charge is 0.322 e. The van der Waals surface area contributed by atoms with E-state index in [0.29, 0.717) is 22.2 Å². The van der Waals surface area contributed by atoms with E-state index in [0.717, 1.165) is 0 Å². The predicted molar refractivity (Wildman–Crippen MR) is 96.3 cm³/mol. The summed E-state index contributed by atoms with van der Waals surface area (Å²) in [6.45, 7) is 0. The van der Waals surface area contributed by atoms with Gasteiger partial charge in [-0.1, -0.05) is 23.7 Å². The summed E-state index contributed by atoms with van der Waals surface area (Å²) in [6.07, 6.45) is 0.341. The molecule has 2 aromatic rings. The second-order valence-corrected chi connectivity index (χ2v) is 6.07. The lowest BCUT2D eigenvalue weighted by molar-refractivity contribution is -0.120. The summed E-state index contributed by atoms with van der Waals surface area (Å²) in [5, 5.41) is 7.81. The molecule has 3 N–H and O–H groups in total. The van der Waals surface area contributed by atoms with Crippen molar-refractivity contribution in [2.45, 2.75) is 18.9 Å². The average Bonchev–Trinajstić information content (AvgIpc) is 2.94. The zero-order chi connectivity index (χ0) is 18.5. The molecule has 0 aromatic heterocycles. The molecule has 1 fully saturated rings. The third-order valence-electron chi connectivity index (χ3n) is 3.72. The SMILES string of the molecule is O=C(CCC1NC(=O)NC1=O)Nc1ccc(Oc2ccccc2Cl)cc1. The first-order valence-corrected chi connectivity index (χ1v) is 8.33. The number of carbonyl (C=O) groups excluding carboxylic acids is 3. The number of benzene rings is 2. The number of nitrogens with one attached hydrogen (secondary N) is 3. The quantitative estimate of drug-likeness (QED) is 0.678. The Kier molecular flexibility index (Phi) is 5.38. The first-order chi connectivity index (χ1) is 12.5. The number of urea groups is 1. The maximum absolute atomic E-state index is 12.0. The van der Waals surface area contributed by atoms with Crippen molar-refractivity contribution in [3.05, 3.63) is 53.6 Å². The largest absolute Gasteiger partial charge is 0.456 e. The van der Waals surface area contributed by atoms with Crippen molar-refractivity contribution in [1.29, 1.82) is 0 Å². The van der Waals surface area contributed by atoms with Gasteiger partial charge in [-0.05, 0) is 42.8 Å². The van der Waals surface area contributed by atoms with Crippen LogP contribution in [-0.4, -0.2) is 23.9 Å². The molecule has 1 atom stereocenters. The van der Waals surface area contributed by atoms with Crippen molar-refractivity contribution >= 4 is 35.1 Å². The van der Waals surface area contributed by atoms with Gasteiger partial charge >= 0.3 is 6.03 Å². The van der Waals surface area contributed by atoms with Gasteiger partial charge in [0.25, 0.3) is 5.91 Å². The van der Waals surface area contributed by atoms with Crippen LogP contribution in [0.1, 0.15) is 12.8 Å². The Morgan fingerprint density at radius 2 is 1.85 bits per heavy atom. The molecule has 0 aliphatic carbocycles. The summed E-state index contributed by atoms with van der Waals surface area (Å²) in [4.78, 5) is 34.4. The molecule has 134 valence electrons. The third kappa shape index (κ3) is 4.52. The fraction of sp³-hybridized carbons (Fsp3) is 0.167. The summed E-state index contributed by atoms with van der Waals surface area (Å²) in [5.74, 6) is 0.465. The molecule has 1 aliphatic heterocycles. The van der Waals surface area contributed by atoms with Crippen LogP contribution < -0.4 is 20.7 Å². The maximum atomic E-state index is 12.0. The number of halogens is 1. The van der Waals surface area contributed by atoms with Gasteiger partial charge in [-0.15, -0.1) is 0 Å².